The fraction of sp³-hybridized carbons (Fsp3) is 0.462. The second-order valence-electron chi connectivity index (χ2n) is 8.62. The van der Waals surface area contributed by atoms with Crippen LogP contribution in [0.15, 0.2) is 42.5 Å². The van der Waals surface area contributed by atoms with E-state index in [9.17, 15) is 9.59 Å². The van der Waals surface area contributed by atoms with E-state index in [0.29, 0.717) is 19.3 Å². The number of hydrogen-bond donors (Lipinski definition) is 0. The van der Waals surface area contributed by atoms with Crippen LogP contribution < -0.4 is 4.74 Å². The minimum atomic E-state index is -0.577. The molecule has 0 radical (unpaired) electrons. The summed E-state index contributed by atoms with van der Waals surface area (Å²) in [5.41, 5.74) is 3.81. The van der Waals surface area contributed by atoms with Gasteiger partial charge in [0.2, 0.25) is 0 Å². The van der Waals surface area contributed by atoms with E-state index in [2.05, 4.69) is 19.1 Å². The van der Waals surface area contributed by atoms with Gasteiger partial charge in [0.05, 0.1) is 7.11 Å². The van der Waals surface area contributed by atoms with Crippen molar-refractivity contribution in [1.29, 1.82) is 0 Å². The van der Waals surface area contributed by atoms with Crippen molar-refractivity contribution in [1.82, 2.24) is 0 Å². The molecule has 0 aliphatic rings. The van der Waals surface area contributed by atoms with Gasteiger partial charge in [-0.3, -0.25) is 9.59 Å². The van der Waals surface area contributed by atoms with Crippen LogP contribution in [0.5, 0.6) is 5.75 Å². The third-order valence-electron chi connectivity index (χ3n) is 5.87. The third kappa shape index (κ3) is 5.79. The molecule has 0 saturated heterocycles. The summed E-state index contributed by atoms with van der Waals surface area (Å²) < 4.78 is 5.40. The van der Waals surface area contributed by atoms with Crippen molar-refractivity contribution in [2.24, 2.45) is 5.92 Å². The van der Waals surface area contributed by atoms with Crippen molar-refractivity contribution in [3.63, 3.8) is 0 Å². The minimum Gasteiger partial charge on any atom is -0.496 e. The molecule has 0 atom stereocenters. The van der Waals surface area contributed by atoms with Crippen LogP contribution in [0.2, 0.25) is 0 Å². The topological polar surface area (TPSA) is 43.4 Å². The predicted octanol–water partition coefficient (Wildman–Crippen LogP) is 5.64. The van der Waals surface area contributed by atoms with E-state index in [0.717, 1.165) is 28.9 Å². The second kappa shape index (κ2) is 9.87. The molecule has 156 valence electrons. The number of ether oxygens (including phenoxy) is 1. The Morgan fingerprint density at radius 2 is 1.62 bits per heavy atom. The number of benzene rings is 2. The molecule has 3 heteroatoms. The fourth-order valence-corrected chi connectivity index (χ4v) is 3.51. The van der Waals surface area contributed by atoms with E-state index in [1.165, 1.54) is 5.56 Å². The molecule has 2 aromatic carbocycles. The van der Waals surface area contributed by atoms with Gasteiger partial charge in [0.15, 0.2) is 0 Å². The molecule has 0 unspecified atom stereocenters. The summed E-state index contributed by atoms with van der Waals surface area (Å²) in [5.74, 6) is 1.37. The number of hydrogen-bond acceptors (Lipinski definition) is 3. The molecule has 0 N–H and O–H groups in total. The summed E-state index contributed by atoms with van der Waals surface area (Å²) in [5, 5.41) is 0. The van der Waals surface area contributed by atoms with E-state index >= 15 is 0 Å². The maximum Gasteiger partial charge on any atom is 0.143 e. The first-order chi connectivity index (χ1) is 13.7. The molecule has 3 nitrogen and oxygen atoms in total. The SMILES string of the molecule is COc1ccccc1CCC(=O)C(C)(C)c1ccc(C)c(CCC(=O)C(C)C)c1. The first-order valence-electron chi connectivity index (χ1n) is 10.4. The number of carbonyl (C=O) groups is 2. The molecular formula is C26H34O3. The lowest BCUT2D eigenvalue weighted by Gasteiger charge is -2.25. The predicted molar refractivity (Wildman–Crippen MR) is 119 cm³/mol. The van der Waals surface area contributed by atoms with Crippen molar-refractivity contribution in [2.45, 2.75) is 65.7 Å². The average Bonchev–Trinajstić information content (AvgIpc) is 2.70. The second-order valence-corrected chi connectivity index (χ2v) is 8.62. The Bertz CT molecular complexity index is 862. The van der Waals surface area contributed by atoms with Gasteiger partial charge in [-0.25, -0.2) is 0 Å². The van der Waals surface area contributed by atoms with E-state index in [-0.39, 0.29) is 17.5 Å². The Kier molecular flexibility index (Phi) is 7.78. The number of carbonyl (C=O) groups excluding carboxylic acids is 2. The molecular weight excluding hydrogens is 360 g/mol. The molecule has 0 amide bonds. The monoisotopic (exact) mass is 394 g/mol. The van der Waals surface area contributed by atoms with Gasteiger partial charge < -0.3 is 4.74 Å². The molecule has 2 rings (SSSR count). The molecule has 2 aromatic rings. The highest BCUT2D eigenvalue weighted by atomic mass is 16.5. The van der Waals surface area contributed by atoms with E-state index in [1.807, 2.05) is 58.0 Å². The van der Waals surface area contributed by atoms with Crippen LogP contribution in [-0.4, -0.2) is 18.7 Å². The van der Waals surface area contributed by atoms with Crippen LogP contribution in [0.3, 0.4) is 0 Å². The molecule has 0 aromatic heterocycles. The highest BCUT2D eigenvalue weighted by molar-refractivity contribution is 5.89. The Hall–Kier alpha value is -2.42. The lowest BCUT2D eigenvalue weighted by Crippen LogP contribution is -2.29. The summed E-state index contributed by atoms with van der Waals surface area (Å²) >= 11 is 0. The number of methoxy groups -OCH3 is 1. The summed E-state index contributed by atoms with van der Waals surface area (Å²) in [4.78, 5) is 25.1. The number of ketones is 2. The van der Waals surface area contributed by atoms with Crippen LogP contribution in [0.25, 0.3) is 0 Å². The van der Waals surface area contributed by atoms with Crippen LogP contribution in [0, 0.1) is 12.8 Å². The first-order valence-corrected chi connectivity index (χ1v) is 10.4. The summed E-state index contributed by atoms with van der Waals surface area (Å²) in [6, 6.07) is 14.1. The highest BCUT2D eigenvalue weighted by Crippen LogP contribution is 2.29. The molecule has 0 fully saturated rings. The number of rotatable bonds is 10. The van der Waals surface area contributed by atoms with E-state index < -0.39 is 5.41 Å². The molecule has 0 saturated carbocycles. The van der Waals surface area contributed by atoms with Gasteiger partial charge in [0, 0.05) is 24.2 Å². The number of aryl methyl sites for hydroxylation is 3. The van der Waals surface area contributed by atoms with Crippen LogP contribution in [-0.2, 0) is 27.8 Å². The standard InChI is InChI=1S/C26H34O3/c1-18(2)23(27)15-12-21-17-22(14-11-19(21)3)26(4,5)25(28)16-13-20-9-7-8-10-24(20)29-6/h7-11,14,17-18H,12-13,15-16H2,1-6H3. The molecule has 0 spiro atoms. The Labute approximate surface area is 175 Å². The lowest BCUT2D eigenvalue weighted by molar-refractivity contribution is -0.123. The van der Waals surface area contributed by atoms with Gasteiger partial charge in [0.1, 0.15) is 17.3 Å². The normalized spacial score (nSPS) is 11.6. The number of Topliss-reactive ketones (excluding diaryl/α,β-unsaturated/α-hetero) is 2. The minimum absolute atomic E-state index is 0.0616. The molecule has 0 bridgehead atoms. The van der Waals surface area contributed by atoms with Crippen molar-refractivity contribution >= 4 is 11.6 Å². The zero-order valence-corrected chi connectivity index (χ0v) is 18.7. The van der Waals surface area contributed by atoms with Crippen molar-refractivity contribution in [2.75, 3.05) is 7.11 Å². The maximum atomic E-state index is 13.1. The molecule has 0 heterocycles. The summed E-state index contributed by atoms with van der Waals surface area (Å²) in [6.07, 6.45) is 2.39. The zero-order chi connectivity index (χ0) is 21.6. The molecule has 29 heavy (non-hydrogen) atoms. The lowest BCUT2D eigenvalue weighted by atomic mass is 9.77. The van der Waals surface area contributed by atoms with Gasteiger partial charge >= 0.3 is 0 Å². The van der Waals surface area contributed by atoms with Gasteiger partial charge in [-0.1, -0.05) is 50.2 Å². The molecule has 0 aliphatic carbocycles. The summed E-state index contributed by atoms with van der Waals surface area (Å²) in [6.45, 7) is 9.93. The van der Waals surface area contributed by atoms with E-state index in [4.69, 9.17) is 4.74 Å². The summed E-state index contributed by atoms with van der Waals surface area (Å²) in [7, 11) is 1.66. The van der Waals surface area contributed by atoms with Crippen molar-refractivity contribution in [3.05, 3.63) is 64.7 Å². The first kappa shape index (κ1) is 22.9. The number of para-hydroxylation sites is 1. The van der Waals surface area contributed by atoms with Crippen molar-refractivity contribution in [3.8, 4) is 5.75 Å². The smallest absolute Gasteiger partial charge is 0.143 e. The van der Waals surface area contributed by atoms with Crippen LogP contribution in [0.4, 0.5) is 0 Å². The average molecular weight is 395 g/mol. The van der Waals surface area contributed by atoms with Crippen LogP contribution in [0.1, 0.15) is 62.8 Å². The van der Waals surface area contributed by atoms with Crippen LogP contribution >= 0.6 is 0 Å². The maximum absolute atomic E-state index is 13.1. The largest absolute Gasteiger partial charge is 0.496 e. The van der Waals surface area contributed by atoms with Gasteiger partial charge in [0.25, 0.3) is 0 Å². The third-order valence-corrected chi connectivity index (χ3v) is 5.87. The van der Waals surface area contributed by atoms with Crippen molar-refractivity contribution < 1.29 is 14.3 Å². The Morgan fingerprint density at radius 1 is 0.966 bits per heavy atom. The fourth-order valence-electron chi connectivity index (χ4n) is 3.51. The quantitative estimate of drug-likeness (QED) is 0.524. The zero-order valence-electron chi connectivity index (χ0n) is 18.7. The van der Waals surface area contributed by atoms with Gasteiger partial charge in [-0.05, 0) is 61.9 Å². The van der Waals surface area contributed by atoms with Gasteiger partial charge in [-0.15, -0.1) is 0 Å². The molecule has 0 aliphatic heterocycles. The highest BCUT2D eigenvalue weighted by Gasteiger charge is 2.29. The van der Waals surface area contributed by atoms with Gasteiger partial charge in [-0.2, -0.15) is 0 Å². The van der Waals surface area contributed by atoms with E-state index in [1.54, 1.807) is 7.11 Å². The Balaban J connectivity index is 2.13. The Morgan fingerprint density at radius 3 is 2.28 bits per heavy atom.